The third-order valence-electron chi connectivity index (χ3n) is 6.49. The second-order valence-corrected chi connectivity index (χ2v) is 8.50. The highest BCUT2D eigenvalue weighted by molar-refractivity contribution is 6.01. The molecule has 0 saturated carbocycles. The van der Waals surface area contributed by atoms with Crippen molar-refractivity contribution >= 4 is 16.9 Å². The molecule has 3 heterocycles. The minimum Gasteiger partial charge on any atom is -0.483 e. The molecule has 174 valence electrons. The van der Waals surface area contributed by atoms with Gasteiger partial charge in [-0.2, -0.15) is 0 Å². The lowest BCUT2D eigenvalue weighted by Gasteiger charge is -2.31. The summed E-state index contributed by atoms with van der Waals surface area (Å²) in [7, 11) is 1.67. The fraction of sp³-hybridized carbons (Fsp3) is 0.440. The Morgan fingerprint density at radius 2 is 2.00 bits per heavy atom. The van der Waals surface area contributed by atoms with Crippen LogP contribution in [0.2, 0.25) is 0 Å². The Hall–Kier alpha value is -2.97. The van der Waals surface area contributed by atoms with Gasteiger partial charge in [0.05, 0.1) is 25.3 Å². The van der Waals surface area contributed by atoms with Gasteiger partial charge in [-0.05, 0) is 43.5 Å². The number of aryl methyl sites for hydroxylation is 1. The van der Waals surface area contributed by atoms with Crippen LogP contribution < -0.4 is 4.74 Å². The van der Waals surface area contributed by atoms with E-state index in [0.717, 1.165) is 28.0 Å². The highest BCUT2D eigenvalue weighted by atomic mass is 19.1. The van der Waals surface area contributed by atoms with E-state index < -0.39 is 0 Å². The molecule has 2 aliphatic rings. The Balaban J connectivity index is 1.62. The topological polar surface area (TPSA) is 65.8 Å². The predicted octanol–water partition coefficient (Wildman–Crippen LogP) is 3.67. The summed E-state index contributed by atoms with van der Waals surface area (Å²) in [6.07, 6.45) is 1.17. The predicted molar refractivity (Wildman–Crippen MR) is 121 cm³/mol. The number of benzene rings is 2. The third-order valence-corrected chi connectivity index (χ3v) is 6.49. The second kappa shape index (κ2) is 9.11. The molecule has 1 aromatic heterocycles. The lowest BCUT2D eigenvalue weighted by Crippen LogP contribution is -2.41. The van der Waals surface area contributed by atoms with Crippen molar-refractivity contribution in [2.45, 2.75) is 32.4 Å². The first kappa shape index (κ1) is 21.9. The van der Waals surface area contributed by atoms with Gasteiger partial charge in [0.1, 0.15) is 29.0 Å². The first-order valence-electron chi connectivity index (χ1n) is 11.4. The van der Waals surface area contributed by atoms with Crippen LogP contribution in [0, 0.1) is 12.7 Å². The van der Waals surface area contributed by atoms with Gasteiger partial charge in [-0.3, -0.25) is 4.79 Å². The Morgan fingerprint density at radius 1 is 1.24 bits per heavy atom. The monoisotopic (exact) mass is 453 g/mol. The van der Waals surface area contributed by atoms with Crippen molar-refractivity contribution in [3.05, 3.63) is 58.7 Å². The second-order valence-electron chi connectivity index (χ2n) is 8.50. The van der Waals surface area contributed by atoms with Crippen LogP contribution in [0.4, 0.5) is 4.39 Å². The van der Waals surface area contributed by atoms with Crippen molar-refractivity contribution in [2.24, 2.45) is 0 Å². The highest BCUT2D eigenvalue weighted by Crippen LogP contribution is 2.42. The zero-order valence-electron chi connectivity index (χ0n) is 19.0. The summed E-state index contributed by atoms with van der Waals surface area (Å²) in [4.78, 5) is 20.1. The molecule has 7 nitrogen and oxygen atoms in total. The number of morpholine rings is 1. The normalized spacial score (nSPS) is 18.3. The van der Waals surface area contributed by atoms with Crippen molar-refractivity contribution in [1.29, 1.82) is 0 Å². The van der Waals surface area contributed by atoms with Gasteiger partial charge in [0.15, 0.2) is 0 Å². The zero-order valence-corrected chi connectivity index (χ0v) is 19.0. The van der Waals surface area contributed by atoms with Gasteiger partial charge in [0, 0.05) is 37.9 Å². The van der Waals surface area contributed by atoms with Crippen molar-refractivity contribution in [1.82, 2.24) is 14.5 Å². The first-order chi connectivity index (χ1) is 16.1. The molecule has 0 N–H and O–H groups in total. The number of imidazole rings is 1. The van der Waals surface area contributed by atoms with E-state index in [1.54, 1.807) is 19.2 Å². The Kier molecular flexibility index (Phi) is 6.03. The summed E-state index contributed by atoms with van der Waals surface area (Å²) >= 11 is 0. The van der Waals surface area contributed by atoms with Crippen LogP contribution in [0.25, 0.3) is 11.0 Å². The number of carbonyl (C=O) groups is 1. The fourth-order valence-electron chi connectivity index (χ4n) is 4.76. The maximum atomic E-state index is 13.5. The first-order valence-corrected chi connectivity index (χ1v) is 11.4. The van der Waals surface area contributed by atoms with Gasteiger partial charge in [-0.1, -0.05) is 12.1 Å². The SMILES string of the molecule is COCCn1c(C)nc2cc(C(=O)N3CCOCC3)c3c(c21)OC(c1ccc(F)cc1)CC3. The third kappa shape index (κ3) is 4.09. The molecule has 0 spiro atoms. The summed E-state index contributed by atoms with van der Waals surface area (Å²) < 4.78 is 32.9. The molecule has 1 atom stereocenters. The van der Waals surface area contributed by atoms with E-state index in [2.05, 4.69) is 4.57 Å². The molecule has 1 amide bonds. The molecule has 5 rings (SSSR count). The molecule has 1 unspecified atom stereocenters. The highest BCUT2D eigenvalue weighted by Gasteiger charge is 2.32. The van der Waals surface area contributed by atoms with E-state index in [1.165, 1.54) is 12.1 Å². The van der Waals surface area contributed by atoms with Gasteiger partial charge in [0.2, 0.25) is 0 Å². The molecule has 2 aromatic carbocycles. The van der Waals surface area contributed by atoms with Gasteiger partial charge >= 0.3 is 0 Å². The molecule has 0 aliphatic carbocycles. The number of nitrogens with zero attached hydrogens (tertiary/aromatic N) is 3. The summed E-state index contributed by atoms with van der Waals surface area (Å²) in [6.45, 7) is 5.36. The van der Waals surface area contributed by atoms with E-state index in [4.69, 9.17) is 19.2 Å². The van der Waals surface area contributed by atoms with Gasteiger partial charge in [-0.15, -0.1) is 0 Å². The quantitative estimate of drug-likeness (QED) is 0.590. The zero-order chi connectivity index (χ0) is 22.9. The van der Waals surface area contributed by atoms with Gasteiger partial charge in [0.25, 0.3) is 5.91 Å². The van der Waals surface area contributed by atoms with Crippen LogP contribution in [-0.4, -0.2) is 60.4 Å². The van der Waals surface area contributed by atoms with E-state index in [0.29, 0.717) is 63.6 Å². The lowest BCUT2D eigenvalue weighted by molar-refractivity contribution is 0.0301. The Bertz CT molecular complexity index is 1170. The van der Waals surface area contributed by atoms with Crippen LogP contribution in [-0.2, 0) is 22.4 Å². The molecular formula is C25H28FN3O4. The van der Waals surface area contributed by atoms with Crippen molar-refractivity contribution < 1.29 is 23.4 Å². The lowest BCUT2D eigenvalue weighted by atomic mass is 9.92. The Labute approximate surface area is 192 Å². The molecule has 1 fully saturated rings. The number of halogens is 1. The van der Waals surface area contributed by atoms with E-state index >= 15 is 0 Å². The minimum absolute atomic E-state index is 0.00984. The van der Waals surface area contributed by atoms with Crippen LogP contribution in [0.15, 0.2) is 30.3 Å². The number of methoxy groups -OCH3 is 1. The smallest absolute Gasteiger partial charge is 0.254 e. The fourth-order valence-corrected chi connectivity index (χ4v) is 4.76. The van der Waals surface area contributed by atoms with Crippen LogP contribution >= 0.6 is 0 Å². The number of hydrogen-bond donors (Lipinski definition) is 0. The van der Waals surface area contributed by atoms with Crippen molar-refractivity contribution in [3.8, 4) is 5.75 Å². The average molecular weight is 454 g/mol. The molecule has 2 aliphatic heterocycles. The number of hydrogen-bond acceptors (Lipinski definition) is 5. The standard InChI is InChI=1S/C25H28FN3O4/c1-16-27-21-15-20(25(30)28-9-13-32-14-10-28)19-7-8-22(17-3-5-18(26)6-4-17)33-24(19)23(21)29(16)11-12-31-2/h3-6,15,22H,7-14H2,1-2H3. The largest absolute Gasteiger partial charge is 0.483 e. The van der Waals surface area contributed by atoms with Crippen LogP contribution in [0.1, 0.15) is 39.8 Å². The maximum absolute atomic E-state index is 13.5. The number of fused-ring (bicyclic) bond motifs is 3. The number of aromatic nitrogens is 2. The van der Waals surface area contributed by atoms with Gasteiger partial charge < -0.3 is 23.7 Å². The maximum Gasteiger partial charge on any atom is 0.254 e. The van der Waals surface area contributed by atoms with E-state index in [1.807, 2.05) is 17.9 Å². The summed E-state index contributed by atoms with van der Waals surface area (Å²) in [5.74, 6) is 1.25. The average Bonchev–Trinajstić information content (AvgIpc) is 3.17. The number of carbonyl (C=O) groups excluding carboxylic acids is 1. The molecular weight excluding hydrogens is 425 g/mol. The van der Waals surface area contributed by atoms with Crippen molar-refractivity contribution in [2.75, 3.05) is 40.0 Å². The number of rotatable bonds is 5. The molecule has 0 bridgehead atoms. The molecule has 8 heteroatoms. The van der Waals surface area contributed by atoms with Crippen LogP contribution in [0.5, 0.6) is 5.75 Å². The minimum atomic E-state index is -0.274. The van der Waals surface area contributed by atoms with Crippen LogP contribution in [0.3, 0.4) is 0 Å². The molecule has 3 aromatic rings. The van der Waals surface area contributed by atoms with E-state index in [-0.39, 0.29) is 17.8 Å². The summed E-state index contributed by atoms with van der Waals surface area (Å²) in [6, 6.07) is 8.34. The summed E-state index contributed by atoms with van der Waals surface area (Å²) in [5, 5.41) is 0. The number of ether oxygens (including phenoxy) is 3. The van der Waals surface area contributed by atoms with Gasteiger partial charge in [-0.25, -0.2) is 9.37 Å². The van der Waals surface area contributed by atoms with Crippen molar-refractivity contribution in [3.63, 3.8) is 0 Å². The Morgan fingerprint density at radius 3 is 2.73 bits per heavy atom. The summed E-state index contributed by atoms with van der Waals surface area (Å²) in [5.41, 5.74) is 4.09. The molecule has 0 radical (unpaired) electrons. The molecule has 1 saturated heterocycles. The molecule has 33 heavy (non-hydrogen) atoms. The van der Waals surface area contributed by atoms with E-state index in [9.17, 15) is 9.18 Å². The number of amides is 1.